The van der Waals surface area contributed by atoms with Gasteiger partial charge < -0.3 is 4.74 Å². The Morgan fingerprint density at radius 3 is 1.40 bits per heavy atom. The van der Waals surface area contributed by atoms with E-state index in [0.29, 0.717) is 0 Å². The minimum Gasteiger partial charge on any atom is -0.330 e. The first-order valence-corrected chi connectivity index (χ1v) is 4.25. The SMILES string of the molecule is ClC(Cl)(Cl)COC(Cl)(Cl)Cl. The Morgan fingerprint density at radius 1 is 0.900 bits per heavy atom. The molecule has 7 heteroatoms. The van der Waals surface area contributed by atoms with E-state index in [4.69, 9.17) is 69.6 Å². The van der Waals surface area contributed by atoms with E-state index in [1.54, 1.807) is 0 Å². The highest BCUT2D eigenvalue weighted by Gasteiger charge is 2.27. The third-order valence-electron chi connectivity index (χ3n) is 0.399. The number of halogens is 6. The van der Waals surface area contributed by atoms with Crippen LogP contribution in [-0.4, -0.2) is 14.4 Å². The molecule has 0 aromatic rings. The van der Waals surface area contributed by atoms with Crippen LogP contribution in [0.25, 0.3) is 0 Å². The molecule has 0 fully saturated rings. The number of rotatable bonds is 1. The summed E-state index contributed by atoms with van der Waals surface area (Å²) in [6, 6.07) is 0. The lowest BCUT2D eigenvalue weighted by Gasteiger charge is -2.16. The van der Waals surface area contributed by atoms with Gasteiger partial charge in [0, 0.05) is 0 Å². The van der Waals surface area contributed by atoms with Crippen LogP contribution in [0.15, 0.2) is 0 Å². The van der Waals surface area contributed by atoms with Crippen LogP contribution in [0, 0.1) is 0 Å². The number of alkyl halides is 6. The Kier molecular flexibility index (Phi) is 4.78. The van der Waals surface area contributed by atoms with Crippen LogP contribution < -0.4 is 0 Å². The summed E-state index contributed by atoms with van der Waals surface area (Å²) in [6.07, 6.45) is 0. The zero-order chi connectivity index (χ0) is 8.41. The molecule has 0 aromatic carbocycles. The van der Waals surface area contributed by atoms with Crippen LogP contribution in [0.4, 0.5) is 0 Å². The second-order valence-electron chi connectivity index (χ2n) is 1.35. The average Bonchev–Trinajstić information content (AvgIpc) is 1.57. The number of hydrogen-bond acceptors (Lipinski definition) is 1. The molecule has 0 N–H and O–H groups in total. The first-order valence-electron chi connectivity index (χ1n) is 1.98. The third-order valence-corrected chi connectivity index (χ3v) is 1.05. The largest absolute Gasteiger partial charge is 0.330 e. The highest BCUT2D eigenvalue weighted by molar-refractivity contribution is 6.68. The Labute approximate surface area is 88.4 Å². The van der Waals surface area contributed by atoms with E-state index in [1.165, 1.54) is 0 Å². The zero-order valence-electron chi connectivity index (χ0n) is 4.38. The van der Waals surface area contributed by atoms with Gasteiger partial charge in [0.05, 0.1) is 6.61 Å². The van der Waals surface area contributed by atoms with Gasteiger partial charge in [0.1, 0.15) is 0 Å². The number of ether oxygens (including phenoxy) is 1. The lowest BCUT2D eigenvalue weighted by molar-refractivity contribution is 0.135. The first kappa shape index (κ1) is 11.7. The quantitative estimate of drug-likeness (QED) is 0.658. The van der Waals surface area contributed by atoms with Crippen molar-refractivity contribution < 1.29 is 4.74 Å². The molecule has 0 saturated heterocycles. The van der Waals surface area contributed by atoms with Crippen LogP contribution >= 0.6 is 69.6 Å². The first-order chi connectivity index (χ1) is 4.21. The summed E-state index contributed by atoms with van der Waals surface area (Å²) >= 11 is 31.3. The fraction of sp³-hybridized carbons (Fsp3) is 1.00. The van der Waals surface area contributed by atoms with Gasteiger partial charge in [-0.3, -0.25) is 0 Å². The maximum Gasteiger partial charge on any atom is 0.297 e. The van der Waals surface area contributed by atoms with Gasteiger partial charge >= 0.3 is 0 Å². The predicted octanol–water partition coefficient (Wildman–Crippen LogP) is 3.70. The molecule has 10 heavy (non-hydrogen) atoms. The average molecular weight is 267 g/mol. The van der Waals surface area contributed by atoms with E-state index in [2.05, 4.69) is 4.74 Å². The van der Waals surface area contributed by atoms with Crippen LogP contribution in [0.3, 0.4) is 0 Å². The second-order valence-corrected chi connectivity index (χ2v) is 6.04. The van der Waals surface area contributed by atoms with E-state index >= 15 is 0 Å². The lowest BCUT2D eigenvalue weighted by atomic mass is 10.8. The lowest BCUT2D eigenvalue weighted by Crippen LogP contribution is -2.19. The van der Waals surface area contributed by atoms with E-state index in [0.717, 1.165) is 0 Å². The molecule has 0 unspecified atom stereocenters. The zero-order valence-corrected chi connectivity index (χ0v) is 8.92. The maximum atomic E-state index is 5.27. The molecule has 0 atom stereocenters. The van der Waals surface area contributed by atoms with Crippen LogP contribution in [0.1, 0.15) is 0 Å². The van der Waals surface area contributed by atoms with Gasteiger partial charge in [0.15, 0.2) is 0 Å². The smallest absolute Gasteiger partial charge is 0.297 e. The van der Waals surface area contributed by atoms with E-state index in [1.807, 2.05) is 0 Å². The topological polar surface area (TPSA) is 9.23 Å². The predicted molar refractivity (Wildman–Crippen MR) is 46.5 cm³/mol. The van der Waals surface area contributed by atoms with Crippen LogP contribution in [-0.2, 0) is 4.74 Å². The van der Waals surface area contributed by atoms with E-state index < -0.39 is 7.77 Å². The molecule has 0 aliphatic heterocycles. The molecule has 0 rings (SSSR count). The van der Waals surface area contributed by atoms with Crippen molar-refractivity contribution in [3.05, 3.63) is 0 Å². The van der Waals surface area contributed by atoms with Gasteiger partial charge in [-0.15, -0.1) is 0 Å². The summed E-state index contributed by atoms with van der Waals surface area (Å²) in [4.78, 5) is 0. The van der Waals surface area contributed by atoms with Crippen molar-refractivity contribution in [2.45, 2.75) is 7.77 Å². The highest BCUT2D eigenvalue weighted by Crippen LogP contribution is 2.33. The van der Waals surface area contributed by atoms with Crippen molar-refractivity contribution in [3.63, 3.8) is 0 Å². The molecule has 0 radical (unpaired) electrons. The second kappa shape index (κ2) is 4.08. The van der Waals surface area contributed by atoms with Crippen LogP contribution in [0.5, 0.6) is 0 Å². The summed E-state index contributed by atoms with van der Waals surface area (Å²) < 4.78 is 1.11. The van der Waals surface area contributed by atoms with E-state index in [-0.39, 0.29) is 6.61 Å². The highest BCUT2D eigenvalue weighted by atomic mass is 35.6. The molecule has 0 amide bonds. The van der Waals surface area contributed by atoms with E-state index in [9.17, 15) is 0 Å². The monoisotopic (exact) mass is 264 g/mol. The van der Waals surface area contributed by atoms with Crippen molar-refractivity contribution in [2.75, 3.05) is 6.61 Å². The third kappa shape index (κ3) is 9.70. The van der Waals surface area contributed by atoms with Gasteiger partial charge in [-0.25, -0.2) is 0 Å². The van der Waals surface area contributed by atoms with Crippen molar-refractivity contribution in [1.82, 2.24) is 0 Å². The molecule has 0 aliphatic rings. The fourth-order valence-corrected chi connectivity index (χ4v) is 0.491. The van der Waals surface area contributed by atoms with Crippen molar-refractivity contribution in [2.24, 2.45) is 0 Å². The molecule has 0 saturated carbocycles. The van der Waals surface area contributed by atoms with Gasteiger partial charge in [-0.2, -0.15) is 0 Å². The summed E-state index contributed by atoms with van der Waals surface area (Å²) in [7, 11) is 0. The Morgan fingerprint density at radius 2 is 1.30 bits per heavy atom. The molecular formula is C3H2Cl6O. The van der Waals surface area contributed by atoms with Gasteiger partial charge in [0.2, 0.25) is 3.79 Å². The molecule has 62 valence electrons. The Hall–Kier alpha value is 1.70. The molecule has 0 spiro atoms. The molecule has 0 aromatic heterocycles. The summed E-state index contributed by atoms with van der Waals surface area (Å²) in [5.41, 5.74) is 0. The summed E-state index contributed by atoms with van der Waals surface area (Å²) in [6.45, 7) is -0.270. The maximum absolute atomic E-state index is 5.27. The molecule has 0 heterocycles. The minimum absolute atomic E-state index is 0.270. The Bertz CT molecular complexity index is 86.5. The standard InChI is InChI=1S/C3H2Cl6O/c4-2(5,6)1-10-3(7,8)9/h1H2. The normalized spacial score (nSPS) is 13.8. The summed E-state index contributed by atoms with van der Waals surface area (Å²) in [5, 5.41) is 0. The van der Waals surface area contributed by atoms with Gasteiger partial charge in [0.25, 0.3) is 3.98 Å². The number of hydrogen-bond donors (Lipinski definition) is 0. The Balaban J connectivity index is 3.56. The fourth-order valence-electron chi connectivity index (χ4n) is 0.164. The molecule has 0 bridgehead atoms. The van der Waals surface area contributed by atoms with Gasteiger partial charge in [-0.05, 0) is 0 Å². The van der Waals surface area contributed by atoms with Gasteiger partial charge in [-0.1, -0.05) is 69.6 Å². The summed E-state index contributed by atoms with van der Waals surface area (Å²) in [5.74, 6) is 0. The minimum atomic E-state index is -1.83. The molecular weight excluding hydrogens is 265 g/mol. The molecule has 0 aliphatic carbocycles. The van der Waals surface area contributed by atoms with Crippen molar-refractivity contribution in [3.8, 4) is 0 Å². The van der Waals surface area contributed by atoms with Crippen molar-refractivity contribution >= 4 is 69.6 Å². The van der Waals surface area contributed by atoms with Crippen molar-refractivity contribution in [1.29, 1.82) is 0 Å². The van der Waals surface area contributed by atoms with Crippen LogP contribution in [0.2, 0.25) is 0 Å². The molecule has 1 nitrogen and oxygen atoms in total.